The summed E-state index contributed by atoms with van der Waals surface area (Å²) in [4.78, 5) is 15.6. The summed E-state index contributed by atoms with van der Waals surface area (Å²) in [5, 5.41) is 11.0. The van der Waals surface area contributed by atoms with Crippen LogP contribution in [0.4, 0.5) is 0 Å². The van der Waals surface area contributed by atoms with Gasteiger partial charge in [-0.2, -0.15) is 0 Å². The molecule has 0 spiro atoms. The predicted molar refractivity (Wildman–Crippen MR) is 145 cm³/mol. The summed E-state index contributed by atoms with van der Waals surface area (Å²) in [5.41, 5.74) is 3.99. The molecule has 1 aromatic heterocycles. The molecule has 0 amide bonds. The lowest BCUT2D eigenvalue weighted by Crippen LogP contribution is -2.37. The number of phenolic OH excluding ortho intramolecular Hbond substituents is 1. The topological polar surface area (TPSA) is 62.9 Å². The highest BCUT2D eigenvalue weighted by atomic mass is 32.2. The number of carbonyl (C=O) groups excluding carboxylic acids is 1. The van der Waals surface area contributed by atoms with Gasteiger partial charge in [-0.1, -0.05) is 36.4 Å². The normalized spacial score (nSPS) is 15.7. The Morgan fingerprint density at radius 1 is 1.11 bits per heavy atom. The van der Waals surface area contributed by atoms with E-state index in [4.69, 9.17) is 9.15 Å². The molecule has 5 rings (SSSR count). The van der Waals surface area contributed by atoms with Crippen LogP contribution < -0.4 is 4.74 Å². The van der Waals surface area contributed by atoms with E-state index in [9.17, 15) is 9.90 Å². The zero-order chi connectivity index (χ0) is 25.1. The third-order valence-corrected chi connectivity index (χ3v) is 8.01. The van der Waals surface area contributed by atoms with Crippen LogP contribution in [-0.2, 0) is 11.2 Å². The summed E-state index contributed by atoms with van der Waals surface area (Å²) in [6, 6.07) is 21.7. The number of methoxy groups -OCH3 is 1. The molecule has 1 aliphatic rings. The number of fused-ring (bicyclic) bond motifs is 1. The predicted octanol–water partition coefficient (Wildman–Crippen LogP) is 6.73. The van der Waals surface area contributed by atoms with E-state index in [1.54, 1.807) is 23.9 Å². The molecule has 1 fully saturated rings. The van der Waals surface area contributed by atoms with Crippen molar-refractivity contribution in [2.45, 2.75) is 30.2 Å². The van der Waals surface area contributed by atoms with Gasteiger partial charge in [0.25, 0.3) is 0 Å². The van der Waals surface area contributed by atoms with E-state index < -0.39 is 0 Å². The summed E-state index contributed by atoms with van der Waals surface area (Å²) in [6.45, 7) is 1.83. The van der Waals surface area contributed by atoms with Crippen LogP contribution >= 0.6 is 11.8 Å². The summed E-state index contributed by atoms with van der Waals surface area (Å²) in [6.07, 6.45) is 6.38. The number of rotatable bonds is 8. The van der Waals surface area contributed by atoms with Gasteiger partial charge in [-0.05, 0) is 86.0 Å². The maximum absolute atomic E-state index is 12.3. The minimum atomic E-state index is -0.270. The molecule has 1 unspecified atom stereocenters. The smallest absolute Gasteiger partial charge is 0.161 e. The van der Waals surface area contributed by atoms with Crippen LogP contribution in [0, 0.1) is 5.92 Å². The van der Waals surface area contributed by atoms with Crippen molar-refractivity contribution in [2.75, 3.05) is 26.5 Å². The molecular weight excluding hydrogens is 470 g/mol. The molecule has 3 aromatic carbocycles. The first-order chi connectivity index (χ1) is 17.6. The molecule has 0 radical (unpaired) electrons. The SMILES string of the molecule is COc1cc(-c2oc3ccc(C(C=O)N4CCC(Cc5ccccc5)CC4)cc3c2SC)ccc1O. The number of likely N-dealkylation sites (tertiary alicyclic amines) is 1. The van der Waals surface area contributed by atoms with Crippen molar-refractivity contribution < 1.29 is 19.1 Å². The molecule has 0 saturated carbocycles. The number of aldehydes is 1. The first kappa shape index (κ1) is 24.5. The molecule has 2 heterocycles. The first-order valence-corrected chi connectivity index (χ1v) is 13.5. The molecule has 5 nitrogen and oxygen atoms in total. The van der Waals surface area contributed by atoms with Gasteiger partial charge < -0.3 is 19.1 Å². The van der Waals surface area contributed by atoms with Crippen LogP contribution in [0.25, 0.3) is 22.3 Å². The van der Waals surface area contributed by atoms with Crippen molar-refractivity contribution in [3.63, 3.8) is 0 Å². The number of furan rings is 1. The van der Waals surface area contributed by atoms with E-state index in [0.29, 0.717) is 11.7 Å². The van der Waals surface area contributed by atoms with Gasteiger partial charge in [0.05, 0.1) is 18.0 Å². The maximum Gasteiger partial charge on any atom is 0.161 e. The van der Waals surface area contributed by atoms with Crippen molar-refractivity contribution in [3.05, 3.63) is 77.9 Å². The Morgan fingerprint density at radius 3 is 2.58 bits per heavy atom. The van der Waals surface area contributed by atoms with Gasteiger partial charge >= 0.3 is 0 Å². The van der Waals surface area contributed by atoms with Gasteiger partial charge in [0.15, 0.2) is 11.5 Å². The summed E-state index contributed by atoms with van der Waals surface area (Å²) < 4.78 is 11.5. The fraction of sp³-hybridized carbons (Fsp3) is 0.300. The highest BCUT2D eigenvalue weighted by Gasteiger charge is 2.27. The minimum absolute atomic E-state index is 0.0895. The van der Waals surface area contributed by atoms with E-state index >= 15 is 0 Å². The van der Waals surface area contributed by atoms with E-state index in [-0.39, 0.29) is 11.8 Å². The van der Waals surface area contributed by atoms with Crippen LogP contribution in [0.15, 0.2) is 76.0 Å². The molecule has 1 atom stereocenters. The average Bonchev–Trinajstić information content (AvgIpc) is 3.29. The van der Waals surface area contributed by atoms with Crippen molar-refractivity contribution in [1.29, 1.82) is 0 Å². The molecule has 1 N–H and O–H groups in total. The number of thioether (sulfide) groups is 1. The third kappa shape index (κ3) is 4.88. The Bertz CT molecular complexity index is 1340. The number of phenols is 1. The second kappa shape index (κ2) is 10.8. The molecule has 0 aliphatic carbocycles. The van der Waals surface area contributed by atoms with Crippen LogP contribution in [0.2, 0.25) is 0 Å². The van der Waals surface area contributed by atoms with Crippen LogP contribution in [0.1, 0.15) is 30.0 Å². The number of ether oxygens (including phenoxy) is 1. The number of piperidine rings is 1. The van der Waals surface area contributed by atoms with E-state index in [1.165, 1.54) is 12.7 Å². The number of hydrogen-bond acceptors (Lipinski definition) is 6. The molecule has 1 aliphatic heterocycles. The lowest BCUT2D eigenvalue weighted by molar-refractivity contribution is -0.113. The Labute approximate surface area is 216 Å². The van der Waals surface area contributed by atoms with E-state index in [0.717, 1.165) is 71.4 Å². The largest absolute Gasteiger partial charge is 0.504 e. The Morgan fingerprint density at radius 2 is 1.89 bits per heavy atom. The second-order valence-corrected chi connectivity index (χ2v) is 10.2. The van der Waals surface area contributed by atoms with E-state index in [2.05, 4.69) is 41.3 Å². The zero-order valence-corrected chi connectivity index (χ0v) is 21.5. The van der Waals surface area contributed by atoms with Gasteiger partial charge in [0, 0.05) is 10.9 Å². The fourth-order valence-corrected chi connectivity index (χ4v) is 5.97. The molecule has 186 valence electrons. The van der Waals surface area contributed by atoms with Crippen LogP contribution in [0.5, 0.6) is 11.5 Å². The summed E-state index contributed by atoms with van der Waals surface area (Å²) in [5.74, 6) is 1.88. The number of hydrogen-bond donors (Lipinski definition) is 1. The van der Waals surface area contributed by atoms with Gasteiger partial charge in [-0.15, -0.1) is 11.8 Å². The standard InChI is InChI=1S/C30H31NO4S/c1-34-28-18-23(8-10-26(28)33)29-30(36-2)24-17-22(9-11-27(24)35-29)25(19-32)31-14-12-21(13-15-31)16-20-6-4-3-5-7-20/h3-11,17-19,21,25,33H,12-16H2,1-2H3. The summed E-state index contributed by atoms with van der Waals surface area (Å²) >= 11 is 1.61. The quantitative estimate of drug-likeness (QED) is 0.213. The Balaban J connectivity index is 1.38. The highest BCUT2D eigenvalue weighted by Crippen LogP contribution is 2.42. The number of aromatic hydroxyl groups is 1. The van der Waals surface area contributed by atoms with Crippen LogP contribution in [0.3, 0.4) is 0 Å². The monoisotopic (exact) mass is 501 g/mol. The first-order valence-electron chi connectivity index (χ1n) is 12.3. The van der Waals surface area contributed by atoms with Gasteiger partial charge in [0.1, 0.15) is 17.6 Å². The maximum atomic E-state index is 12.3. The lowest BCUT2D eigenvalue weighted by atomic mass is 9.89. The number of benzene rings is 3. The number of carbonyl (C=O) groups is 1. The van der Waals surface area contributed by atoms with Crippen LogP contribution in [-0.4, -0.2) is 42.7 Å². The molecule has 1 saturated heterocycles. The highest BCUT2D eigenvalue weighted by molar-refractivity contribution is 7.99. The average molecular weight is 502 g/mol. The van der Waals surface area contributed by atoms with Gasteiger partial charge in [-0.25, -0.2) is 0 Å². The second-order valence-electron chi connectivity index (χ2n) is 9.36. The van der Waals surface area contributed by atoms with E-state index in [1.807, 2.05) is 24.5 Å². The third-order valence-electron chi connectivity index (χ3n) is 7.19. The summed E-state index contributed by atoms with van der Waals surface area (Å²) in [7, 11) is 1.53. The Kier molecular flexibility index (Phi) is 7.35. The van der Waals surface area contributed by atoms with Crippen molar-refractivity contribution in [1.82, 2.24) is 4.90 Å². The van der Waals surface area contributed by atoms with Crippen molar-refractivity contribution in [3.8, 4) is 22.8 Å². The van der Waals surface area contributed by atoms with Gasteiger partial charge in [0.2, 0.25) is 0 Å². The lowest BCUT2D eigenvalue weighted by Gasteiger charge is -2.35. The number of nitrogens with zero attached hydrogens (tertiary/aromatic N) is 1. The molecular formula is C30H31NO4S. The Hall–Kier alpha value is -3.22. The zero-order valence-electron chi connectivity index (χ0n) is 20.6. The van der Waals surface area contributed by atoms with Crippen molar-refractivity contribution >= 4 is 29.0 Å². The molecule has 0 bridgehead atoms. The fourth-order valence-electron chi connectivity index (χ4n) is 5.25. The van der Waals surface area contributed by atoms with Crippen molar-refractivity contribution in [2.24, 2.45) is 5.92 Å². The molecule has 36 heavy (non-hydrogen) atoms. The minimum Gasteiger partial charge on any atom is -0.504 e. The molecule has 6 heteroatoms. The van der Waals surface area contributed by atoms with Gasteiger partial charge in [-0.3, -0.25) is 4.90 Å². The molecule has 4 aromatic rings.